The van der Waals surface area contributed by atoms with E-state index in [2.05, 4.69) is 0 Å². The highest BCUT2D eigenvalue weighted by Crippen LogP contribution is 2.42. The smallest absolute Gasteiger partial charge is 0.363 e. The summed E-state index contributed by atoms with van der Waals surface area (Å²) in [6.07, 6.45) is 3.87. The van der Waals surface area contributed by atoms with Crippen LogP contribution in [0.3, 0.4) is 0 Å². The maximum Gasteiger partial charge on any atom is 0.363 e. The fourth-order valence-electron chi connectivity index (χ4n) is 2.22. The Labute approximate surface area is 124 Å². The van der Waals surface area contributed by atoms with Gasteiger partial charge in [-0.25, -0.2) is 0 Å². The van der Waals surface area contributed by atoms with Crippen molar-refractivity contribution >= 4 is 21.9 Å². The summed E-state index contributed by atoms with van der Waals surface area (Å²) in [5.74, 6) is -4.46. The van der Waals surface area contributed by atoms with Gasteiger partial charge in [0.1, 0.15) is 0 Å². The molecule has 0 aromatic rings. The molecular formula is C13H19BrF4O2. The van der Waals surface area contributed by atoms with Gasteiger partial charge in [-0.3, -0.25) is 4.79 Å². The lowest BCUT2D eigenvalue weighted by molar-refractivity contribution is -0.154. The summed E-state index contributed by atoms with van der Waals surface area (Å²) in [6.45, 7) is 0.0132. The van der Waals surface area contributed by atoms with Crippen molar-refractivity contribution in [1.29, 1.82) is 0 Å². The molecule has 1 aliphatic rings. The zero-order chi connectivity index (χ0) is 15.2. The van der Waals surface area contributed by atoms with Gasteiger partial charge in [-0.05, 0) is 41.6 Å². The second-order valence-corrected chi connectivity index (χ2v) is 6.16. The predicted molar refractivity (Wildman–Crippen MR) is 70.2 cm³/mol. The van der Waals surface area contributed by atoms with Gasteiger partial charge < -0.3 is 4.74 Å². The van der Waals surface area contributed by atoms with Crippen LogP contribution in [0.25, 0.3) is 0 Å². The van der Waals surface area contributed by atoms with Crippen LogP contribution < -0.4 is 0 Å². The zero-order valence-electron chi connectivity index (χ0n) is 11.1. The first kappa shape index (κ1) is 17.7. The second-order valence-electron chi connectivity index (χ2n) is 5.16. The van der Waals surface area contributed by atoms with Gasteiger partial charge in [0.2, 0.25) is 0 Å². The SMILES string of the molecule is O=C(OCCCCC(F)(F)C(F)(F)Br)C1CCCCC1. The first-order valence-electron chi connectivity index (χ1n) is 6.85. The minimum atomic E-state index is -4.20. The van der Waals surface area contributed by atoms with E-state index in [4.69, 9.17) is 4.74 Å². The van der Waals surface area contributed by atoms with Crippen LogP contribution in [0.1, 0.15) is 51.4 Å². The van der Waals surface area contributed by atoms with Crippen LogP contribution in [0, 0.1) is 5.92 Å². The number of carbonyl (C=O) groups is 1. The number of halogens is 5. The third kappa shape index (κ3) is 5.58. The summed E-state index contributed by atoms with van der Waals surface area (Å²) < 4.78 is 55.7. The molecule has 0 aromatic heterocycles. The number of carbonyl (C=O) groups excluding carboxylic acids is 1. The van der Waals surface area contributed by atoms with Crippen molar-refractivity contribution in [2.45, 2.75) is 62.1 Å². The van der Waals surface area contributed by atoms with Crippen LogP contribution >= 0.6 is 15.9 Å². The van der Waals surface area contributed by atoms with Crippen LogP contribution in [0.5, 0.6) is 0 Å². The molecule has 0 aromatic carbocycles. The lowest BCUT2D eigenvalue weighted by atomic mass is 9.89. The van der Waals surface area contributed by atoms with Crippen LogP contribution in [0.4, 0.5) is 17.6 Å². The molecule has 118 valence electrons. The highest BCUT2D eigenvalue weighted by atomic mass is 79.9. The van der Waals surface area contributed by atoms with Crippen LogP contribution in [-0.4, -0.2) is 23.3 Å². The highest BCUT2D eigenvalue weighted by Gasteiger charge is 2.53. The van der Waals surface area contributed by atoms with Gasteiger partial charge in [-0.15, -0.1) is 0 Å². The van der Waals surface area contributed by atoms with E-state index in [1.807, 2.05) is 0 Å². The summed E-state index contributed by atoms with van der Waals surface area (Å²) in [5.41, 5.74) is 0. The van der Waals surface area contributed by atoms with Crippen molar-refractivity contribution in [3.8, 4) is 0 Å². The van der Waals surface area contributed by atoms with E-state index >= 15 is 0 Å². The van der Waals surface area contributed by atoms with Crippen molar-refractivity contribution in [1.82, 2.24) is 0 Å². The average molecular weight is 363 g/mol. The monoisotopic (exact) mass is 362 g/mol. The van der Waals surface area contributed by atoms with E-state index in [0.717, 1.165) is 32.1 Å². The summed E-state index contributed by atoms with van der Waals surface area (Å²) >= 11 is 1.68. The van der Waals surface area contributed by atoms with Gasteiger partial charge in [0.25, 0.3) is 0 Å². The molecule has 0 spiro atoms. The molecule has 0 heterocycles. The van der Waals surface area contributed by atoms with Crippen LogP contribution in [0.2, 0.25) is 0 Å². The number of alkyl halides is 5. The van der Waals surface area contributed by atoms with Gasteiger partial charge in [-0.1, -0.05) is 19.3 Å². The van der Waals surface area contributed by atoms with Crippen molar-refractivity contribution in [3.63, 3.8) is 0 Å². The van der Waals surface area contributed by atoms with Gasteiger partial charge in [0.05, 0.1) is 12.5 Å². The number of rotatable bonds is 7. The molecule has 0 saturated heterocycles. The fraction of sp³-hybridized carbons (Fsp3) is 0.923. The molecule has 2 nitrogen and oxygen atoms in total. The van der Waals surface area contributed by atoms with Crippen molar-refractivity contribution in [2.75, 3.05) is 6.61 Å². The Bertz CT molecular complexity index is 312. The molecule has 0 unspecified atom stereocenters. The number of ether oxygens (including phenoxy) is 1. The molecule has 1 aliphatic carbocycles. The Hall–Kier alpha value is -0.330. The van der Waals surface area contributed by atoms with E-state index < -0.39 is 17.2 Å². The Kier molecular flexibility index (Phi) is 6.75. The first-order chi connectivity index (χ1) is 9.24. The van der Waals surface area contributed by atoms with Gasteiger partial charge in [0.15, 0.2) is 0 Å². The van der Waals surface area contributed by atoms with Gasteiger partial charge in [-0.2, -0.15) is 17.6 Å². The molecule has 1 saturated carbocycles. The van der Waals surface area contributed by atoms with Crippen LogP contribution in [-0.2, 0) is 9.53 Å². The Morgan fingerprint density at radius 2 is 1.70 bits per heavy atom. The minimum Gasteiger partial charge on any atom is -0.465 e. The molecule has 0 aliphatic heterocycles. The summed E-state index contributed by atoms with van der Waals surface area (Å²) in [4.78, 5) is 7.42. The molecule has 0 bridgehead atoms. The van der Waals surface area contributed by atoms with E-state index in [-0.39, 0.29) is 31.3 Å². The third-order valence-corrected chi connectivity index (χ3v) is 4.06. The summed E-state index contributed by atoms with van der Waals surface area (Å²) in [6, 6.07) is 0. The second kappa shape index (κ2) is 7.61. The standard InChI is InChI=1S/C13H19BrF4O2/c14-13(17,18)12(15,16)8-4-5-9-20-11(19)10-6-2-1-3-7-10/h10H,1-9H2. The Morgan fingerprint density at radius 3 is 2.25 bits per heavy atom. The van der Waals surface area contributed by atoms with E-state index in [1.54, 1.807) is 15.9 Å². The molecule has 1 fully saturated rings. The van der Waals surface area contributed by atoms with Crippen LogP contribution in [0.15, 0.2) is 0 Å². The summed E-state index contributed by atoms with van der Waals surface area (Å²) in [7, 11) is 0. The van der Waals surface area contributed by atoms with Gasteiger partial charge >= 0.3 is 16.7 Å². The molecule has 0 N–H and O–H groups in total. The molecule has 20 heavy (non-hydrogen) atoms. The molecule has 0 atom stereocenters. The minimum absolute atomic E-state index is 0.0132. The van der Waals surface area contributed by atoms with E-state index in [9.17, 15) is 22.4 Å². The maximum atomic E-state index is 12.9. The fourth-order valence-corrected chi connectivity index (χ4v) is 2.42. The Balaban J connectivity index is 2.14. The Morgan fingerprint density at radius 1 is 1.10 bits per heavy atom. The summed E-state index contributed by atoms with van der Waals surface area (Å²) in [5, 5.41) is 0. The number of hydrogen-bond donors (Lipinski definition) is 0. The number of unbranched alkanes of at least 4 members (excludes halogenated alkanes) is 1. The lowest BCUT2D eigenvalue weighted by Gasteiger charge is -2.21. The molecule has 0 amide bonds. The van der Waals surface area contributed by atoms with Crippen molar-refractivity contribution in [3.05, 3.63) is 0 Å². The topological polar surface area (TPSA) is 26.3 Å². The van der Waals surface area contributed by atoms with E-state index in [0.29, 0.717) is 0 Å². The zero-order valence-corrected chi connectivity index (χ0v) is 12.7. The largest absolute Gasteiger partial charge is 0.465 e. The number of hydrogen-bond acceptors (Lipinski definition) is 2. The third-order valence-electron chi connectivity index (χ3n) is 3.48. The normalized spacial score (nSPS) is 18.1. The first-order valence-corrected chi connectivity index (χ1v) is 7.64. The van der Waals surface area contributed by atoms with Crippen molar-refractivity contribution in [2.24, 2.45) is 5.92 Å². The van der Waals surface area contributed by atoms with E-state index in [1.165, 1.54) is 0 Å². The quantitative estimate of drug-likeness (QED) is 0.278. The molecule has 0 radical (unpaired) electrons. The highest BCUT2D eigenvalue weighted by molar-refractivity contribution is 9.10. The number of esters is 1. The average Bonchev–Trinajstić information content (AvgIpc) is 2.37. The van der Waals surface area contributed by atoms with Crippen molar-refractivity contribution < 1.29 is 27.1 Å². The molecule has 1 rings (SSSR count). The predicted octanol–water partition coefficient (Wildman–Crippen LogP) is 4.90. The van der Waals surface area contributed by atoms with Gasteiger partial charge in [0, 0.05) is 6.42 Å². The molecular weight excluding hydrogens is 344 g/mol. The lowest BCUT2D eigenvalue weighted by Crippen LogP contribution is -2.34. The maximum absolute atomic E-state index is 12.9. The molecule has 7 heteroatoms.